The number of anilines is 1. The Hall–Kier alpha value is -1.47. The highest BCUT2D eigenvalue weighted by atomic mass is 35.5. The summed E-state index contributed by atoms with van der Waals surface area (Å²) in [6, 6.07) is 2.29. The van der Waals surface area contributed by atoms with Gasteiger partial charge in [0.15, 0.2) is 0 Å². The quantitative estimate of drug-likeness (QED) is 0.771. The third-order valence-electron chi connectivity index (χ3n) is 3.29. The fraction of sp³-hybridized carbons (Fsp3) is 0.385. The van der Waals surface area contributed by atoms with Crippen LogP contribution < -0.4 is 4.90 Å². The van der Waals surface area contributed by atoms with Gasteiger partial charge in [-0.1, -0.05) is 18.5 Å². The minimum atomic E-state index is -3.18. The molecule has 1 amide bonds. The monoisotopic (exact) mass is 333 g/mol. The Kier molecular flexibility index (Phi) is 4.34. The minimum absolute atomic E-state index is 0.00332. The molecule has 0 fully saturated rings. The number of fused-ring (bicyclic) bond motifs is 1. The molecule has 0 aromatic heterocycles. The molecule has 114 valence electrons. The predicted molar refractivity (Wildman–Crippen MR) is 77.0 cm³/mol. The summed E-state index contributed by atoms with van der Waals surface area (Å²) >= 11 is 5.83. The zero-order valence-electron chi connectivity index (χ0n) is 11.2. The summed E-state index contributed by atoms with van der Waals surface area (Å²) in [5.41, 5.74) is -0.314. The van der Waals surface area contributed by atoms with E-state index in [0.717, 1.165) is 11.0 Å². The van der Waals surface area contributed by atoms with Crippen molar-refractivity contribution >= 4 is 38.8 Å². The van der Waals surface area contributed by atoms with Gasteiger partial charge in [0.05, 0.1) is 22.0 Å². The first kappa shape index (κ1) is 15.9. The molecular weight excluding hydrogens is 321 g/mol. The van der Waals surface area contributed by atoms with E-state index in [1.807, 2.05) is 0 Å². The molecule has 1 aliphatic heterocycles. The number of carbonyl (C=O) groups is 2. The molecule has 0 radical (unpaired) electrons. The molecule has 1 heterocycles. The summed E-state index contributed by atoms with van der Waals surface area (Å²) in [4.78, 5) is 24.7. The third kappa shape index (κ3) is 2.94. The summed E-state index contributed by atoms with van der Waals surface area (Å²) in [6.45, 7) is 1.47. The average Bonchev–Trinajstić information content (AvgIpc) is 2.69. The lowest BCUT2D eigenvalue weighted by atomic mass is 10.1. The lowest BCUT2D eigenvalue weighted by molar-refractivity contribution is -0.114. The minimum Gasteiger partial charge on any atom is -0.302 e. The van der Waals surface area contributed by atoms with E-state index in [4.69, 9.17) is 11.6 Å². The van der Waals surface area contributed by atoms with Gasteiger partial charge in [-0.25, -0.2) is 12.8 Å². The van der Waals surface area contributed by atoms with Crippen LogP contribution in [0.25, 0.3) is 0 Å². The molecule has 21 heavy (non-hydrogen) atoms. The van der Waals surface area contributed by atoms with Gasteiger partial charge in [-0.15, -0.1) is 0 Å². The van der Waals surface area contributed by atoms with E-state index in [9.17, 15) is 22.4 Å². The molecule has 0 aliphatic carbocycles. The van der Waals surface area contributed by atoms with E-state index in [0.29, 0.717) is 0 Å². The van der Waals surface area contributed by atoms with Crippen LogP contribution in [0.1, 0.15) is 23.7 Å². The second-order valence-corrected chi connectivity index (χ2v) is 7.51. The molecule has 0 atom stereocenters. The molecule has 1 aromatic carbocycles. The third-order valence-corrected chi connectivity index (χ3v) is 5.40. The number of Topliss-reactive ketones (excluding diaryl/α,β-unsaturated/α-hetero) is 1. The zero-order chi connectivity index (χ0) is 15.8. The standard InChI is InChI=1S/C13H13ClFNO4S/c1-2-21(19,20)7-3-6-16-11-9(15)5-4-8(14)10(11)12(17)13(16)18/h4-5H,2-3,6-7H2,1H3. The van der Waals surface area contributed by atoms with Crippen LogP contribution in [0.5, 0.6) is 0 Å². The first-order valence-electron chi connectivity index (χ1n) is 6.33. The summed E-state index contributed by atoms with van der Waals surface area (Å²) in [6.07, 6.45) is 0.126. The van der Waals surface area contributed by atoms with Crippen molar-refractivity contribution in [2.75, 3.05) is 23.0 Å². The average molecular weight is 334 g/mol. The van der Waals surface area contributed by atoms with Crippen molar-refractivity contribution in [3.05, 3.63) is 28.5 Å². The van der Waals surface area contributed by atoms with Crippen molar-refractivity contribution in [3.8, 4) is 0 Å². The molecule has 1 aliphatic rings. The van der Waals surface area contributed by atoms with Gasteiger partial charge >= 0.3 is 0 Å². The Labute approximate surface area is 126 Å². The first-order valence-corrected chi connectivity index (χ1v) is 8.53. The van der Waals surface area contributed by atoms with E-state index in [1.54, 1.807) is 0 Å². The normalized spacial score (nSPS) is 14.7. The van der Waals surface area contributed by atoms with Crippen LogP contribution in [-0.2, 0) is 14.6 Å². The highest BCUT2D eigenvalue weighted by molar-refractivity contribution is 7.91. The highest BCUT2D eigenvalue weighted by Gasteiger charge is 2.39. The number of nitrogens with zero attached hydrogens (tertiary/aromatic N) is 1. The van der Waals surface area contributed by atoms with Crippen LogP contribution in [-0.4, -0.2) is 38.2 Å². The summed E-state index contributed by atoms with van der Waals surface area (Å²) in [5.74, 6) is -2.61. The molecule has 0 N–H and O–H groups in total. The van der Waals surface area contributed by atoms with Crippen LogP contribution in [0.4, 0.5) is 10.1 Å². The van der Waals surface area contributed by atoms with Gasteiger partial charge in [0.25, 0.3) is 11.7 Å². The molecular formula is C13H13ClFNO4S. The lowest BCUT2D eigenvalue weighted by Crippen LogP contribution is -2.32. The Morgan fingerprint density at radius 1 is 1.29 bits per heavy atom. The van der Waals surface area contributed by atoms with Gasteiger partial charge in [0, 0.05) is 12.3 Å². The fourth-order valence-corrected chi connectivity index (χ4v) is 3.25. The van der Waals surface area contributed by atoms with E-state index >= 15 is 0 Å². The summed E-state index contributed by atoms with van der Waals surface area (Å²) in [5, 5.41) is 0.00781. The van der Waals surface area contributed by atoms with E-state index < -0.39 is 27.3 Å². The SMILES string of the molecule is CCS(=O)(=O)CCCN1C(=O)C(=O)c2c(Cl)ccc(F)c21. The van der Waals surface area contributed by atoms with Crippen molar-refractivity contribution in [2.24, 2.45) is 0 Å². The van der Waals surface area contributed by atoms with Gasteiger partial charge in [-0.05, 0) is 18.6 Å². The molecule has 2 rings (SSSR count). The highest BCUT2D eigenvalue weighted by Crippen LogP contribution is 2.36. The molecule has 0 saturated heterocycles. The summed E-state index contributed by atoms with van der Waals surface area (Å²) < 4.78 is 36.7. The van der Waals surface area contributed by atoms with E-state index in [2.05, 4.69) is 0 Å². The number of benzene rings is 1. The van der Waals surface area contributed by atoms with E-state index in [-0.39, 0.29) is 40.7 Å². The molecule has 8 heteroatoms. The molecule has 1 aromatic rings. The number of halogens is 2. The number of rotatable bonds is 5. The van der Waals surface area contributed by atoms with Gasteiger partial charge in [0.1, 0.15) is 15.7 Å². The van der Waals surface area contributed by atoms with Crippen molar-refractivity contribution < 1.29 is 22.4 Å². The summed E-state index contributed by atoms with van der Waals surface area (Å²) in [7, 11) is -3.18. The predicted octanol–water partition coefficient (Wildman–Crippen LogP) is 1.83. The number of carbonyl (C=O) groups excluding carboxylic acids is 2. The van der Waals surface area contributed by atoms with Crippen molar-refractivity contribution in [1.82, 2.24) is 0 Å². The maximum absolute atomic E-state index is 13.9. The molecule has 0 unspecified atom stereocenters. The number of hydrogen-bond acceptors (Lipinski definition) is 4. The largest absolute Gasteiger partial charge is 0.302 e. The van der Waals surface area contributed by atoms with Crippen molar-refractivity contribution in [1.29, 1.82) is 0 Å². The Balaban J connectivity index is 2.26. The number of sulfone groups is 1. The van der Waals surface area contributed by atoms with Gasteiger partial charge < -0.3 is 4.90 Å². The zero-order valence-corrected chi connectivity index (χ0v) is 12.8. The van der Waals surface area contributed by atoms with Gasteiger partial charge in [-0.2, -0.15) is 0 Å². The Bertz CT molecular complexity index is 717. The lowest BCUT2D eigenvalue weighted by Gasteiger charge is -2.17. The molecule has 0 saturated carbocycles. The van der Waals surface area contributed by atoms with Crippen LogP contribution >= 0.6 is 11.6 Å². The maximum Gasteiger partial charge on any atom is 0.299 e. The van der Waals surface area contributed by atoms with Gasteiger partial charge in [-0.3, -0.25) is 9.59 Å². The number of hydrogen-bond donors (Lipinski definition) is 0. The molecule has 0 spiro atoms. The maximum atomic E-state index is 13.9. The van der Waals surface area contributed by atoms with Crippen molar-refractivity contribution in [3.63, 3.8) is 0 Å². The second-order valence-electron chi connectivity index (χ2n) is 4.63. The van der Waals surface area contributed by atoms with Crippen LogP contribution in [0, 0.1) is 5.82 Å². The smallest absolute Gasteiger partial charge is 0.299 e. The fourth-order valence-electron chi connectivity index (χ4n) is 2.15. The second kappa shape index (κ2) is 5.73. The Morgan fingerprint density at radius 3 is 2.57 bits per heavy atom. The van der Waals surface area contributed by atoms with E-state index in [1.165, 1.54) is 13.0 Å². The van der Waals surface area contributed by atoms with Crippen molar-refractivity contribution in [2.45, 2.75) is 13.3 Å². The molecule has 5 nitrogen and oxygen atoms in total. The van der Waals surface area contributed by atoms with Crippen LogP contribution in [0.2, 0.25) is 5.02 Å². The first-order chi connectivity index (χ1) is 9.78. The van der Waals surface area contributed by atoms with Crippen LogP contribution in [0.3, 0.4) is 0 Å². The topological polar surface area (TPSA) is 71.5 Å². The number of ketones is 1. The molecule has 0 bridgehead atoms. The number of amides is 1. The van der Waals surface area contributed by atoms with Gasteiger partial charge in [0.2, 0.25) is 0 Å². The Morgan fingerprint density at radius 2 is 1.95 bits per heavy atom. The van der Waals surface area contributed by atoms with Crippen LogP contribution in [0.15, 0.2) is 12.1 Å².